The Hall–Kier alpha value is -2.69. The summed E-state index contributed by atoms with van der Waals surface area (Å²) >= 11 is 0. The Morgan fingerprint density at radius 2 is 2.00 bits per heavy atom. The fraction of sp³-hybridized carbons (Fsp3) is 0.235. The number of benzene rings is 1. The number of aromatic nitrogens is 1. The van der Waals surface area contributed by atoms with Gasteiger partial charge >= 0.3 is 0 Å². The van der Waals surface area contributed by atoms with E-state index in [0.717, 1.165) is 19.3 Å². The lowest BCUT2D eigenvalue weighted by molar-refractivity contribution is 0.102. The molecule has 0 aliphatic rings. The number of carbonyl (C=O) groups is 2. The van der Waals surface area contributed by atoms with Crippen molar-refractivity contribution < 1.29 is 9.59 Å². The van der Waals surface area contributed by atoms with Crippen LogP contribution in [0.3, 0.4) is 0 Å². The molecule has 114 valence electrons. The lowest BCUT2D eigenvalue weighted by Gasteiger charge is -2.20. The van der Waals surface area contributed by atoms with Crippen LogP contribution >= 0.6 is 0 Å². The highest BCUT2D eigenvalue weighted by Crippen LogP contribution is 2.18. The zero-order chi connectivity index (χ0) is 15.9. The Balaban J connectivity index is 2.20. The van der Waals surface area contributed by atoms with Crippen LogP contribution in [0.4, 0.5) is 11.5 Å². The van der Waals surface area contributed by atoms with E-state index in [1.165, 1.54) is 0 Å². The minimum absolute atomic E-state index is 0.218. The van der Waals surface area contributed by atoms with E-state index in [2.05, 4.69) is 17.2 Å². The van der Waals surface area contributed by atoms with Gasteiger partial charge in [0, 0.05) is 31.0 Å². The van der Waals surface area contributed by atoms with E-state index < -0.39 is 0 Å². The number of nitrogens with zero attached hydrogens (tertiary/aromatic N) is 2. The van der Waals surface area contributed by atoms with Crippen molar-refractivity contribution in [2.45, 2.75) is 13.3 Å². The Morgan fingerprint density at radius 3 is 2.64 bits per heavy atom. The number of nitrogens with one attached hydrogen (secondary N) is 1. The highest BCUT2D eigenvalue weighted by Gasteiger charge is 2.15. The van der Waals surface area contributed by atoms with Crippen molar-refractivity contribution in [1.29, 1.82) is 0 Å². The second-order valence-corrected chi connectivity index (χ2v) is 4.99. The van der Waals surface area contributed by atoms with Gasteiger partial charge in [-0.05, 0) is 42.8 Å². The highest BCUT2D eigenvalue weighted by atomic mass is 16.1. The third-order valence-corrected chi connectivity index (χ3v) is 3.26. The van der Waals surface area contributed by atoms with Crippen LogP contribution in [-0.2, 0) is 0 Å². The Bertz CT molecular complexity index is 653. The van der Waals surface area contributed by atoms with Crippen molar-refractivity contribution in [3.8, 4) is 0 Å². The van der Waals surface area contributed by atoms with Gasteiger partial charge in [0.1, 0.15) is 12.1 Å². The first-order chi connectivity index (χ1) is 10.7. The summed E-state index contributed by atoms with van der Waals surface area (Å²) in [6, 6.07) is 10.2. The van der Waals surface area contributed by atoms with Gasteiger partial charge in [-0.1, -0.05) is 6.92 Å². The lowest BCUT2D eigenvalue weighted by Crippen LogP contribution is -2.24. The first kappa shape index (κ1) is 15.7. The normalized spacial score (nSPS) is 10.1. The van der Waals surface area contributed by atoms with E-state index in [4.69, 9.17) is 0 Å². The van der Waals surface area contributed by atoms with Crippen molar-refractivity contribution in [2.24, 2.45) is 0 Å². The molecule has 0 bridgehead atoms. The summed E-state index contributed by atoms with van der Waals surface area (Å²) in [5.41, 5.74) is 1.74. The van der Waals surface area contributed by atoms with Crippen molar-refractivity contribution in [2.75, 3.05) is 23.8 Å². The Labute approximate surface area is 130 Å². The van der Waals surface area contributed by atoms with Gasteiger partial charge in [0.05, 0.1) is 5.56 Å². The predicted octanol–water partition coefficient (Wildman–Crippen LogP) is 2.99. The molecule has 2 rings (SSSR count). The van der Waals surface area contributed by atoms with Crippen LogP contribution in [0.5, 0.6) is 0 Å². The van der Waals surface area contributed by atoms with E-state index >= 15 is 0 Å². The van der Waals surface area contributed by atoms with Crippen LogP contribution in [0, 0.1) is 0 Å². The third kappa shape index (κ3) is 3.69. The molecular formula is C17H19N3O2. The predicted molar refractivity (Wildman–Crippen MR) is 87.6 cm³/mol. The molecule has 0 fully saturated rings. The van der Waals surface area contributed by atoms with E-state index in [-0.39, 0.29) is 5.91 Å². The highest BCUT2D eigenvalue weighted by molar-refractivity contribution is 6.07. The van der Waals surface area contributed by atoms with Gasteiger partial charge in [-0.3, -0.25) is 9.59 Å². The second kappa shape index (κ2) is 7.36. The molecule has 0 radical (unpaired) electrons. The number of hydrogen-bond acceptors (Lipinski definition) is 4. The van der Waals surface area contributed by atoms with E-state index in [1.807, 2.05) is 11.9 Å². The quantitative estimate of drug-likeness (QED) is 0.833. The van der Waals surface area contributed by atoms with Gasteiger partial charge in [-0.2, -0.15) is 0 Å². The van der Waals surface area contributed by atoms with Crippen LogP contribution in [0.1, 0.15) is 34.1 Å². The zero-order valence-electron chi connectivity index (χ0n) is 12.7. The zero-order valence-corrected chi connectivity index (χ0v) is 12.7. The summed E-state index contributed by atoms with van der Waals surface area (Å²) in [5, 5.41) is 2.83. The molecule has 5 heteroatoms. The molecule has 0 aliphatic carbocycles. The van der Waals surface area contributed by atoms with E-state index in [9.17, 15) is 9.59 Å². The van der Waals surface area contributed by atoms with Crippen molar-refractivity contribution >= 4 is 23.7 Å². The van der Waals surface area contributed by atoms with Gasteiger partial charge in [-0.15, -0.1) is 0 Å². The molecule has 0 spiro atoms. The van der Waals surface area contributed by atoms with Gasteiger partial charge < -0.3 is 10.2 Å². The average Bonchev–Trinajstić information content (AvgIpc) is 2.55. The average molecular weight is 297 g/mol. The Morgan fingerprint density at radius 1 is 1.27 bits per heavy atom. The second-order valence-electron chi connectivity index (χ2n) is 4.99. The molecule has 22 heavy (non-hydrogen) atoms. The summed E-state index contributed by atoms with van der Waals surface area (Å²) in [7, 11) is 1.92. The number of hydrogen-bond donors (Lipinski definition) is 1. The molecule has 1 aromatic carbocycles. The first-order valence-electron chi connectivity index (χ1n) is 7.18. The van der Waals surface area contributed by atoms with Crippen LogP contribution in [0.2, 0.25) is 0 Å². The van der Waals surface area contributed by atoms with Crippen molar-refractivity contribution in [1.82, 2.24) is 4.98 Å². The van der Waals surface area contributed by atoms with Crippen LogP contribution in [0.15, 0.2) is 42.6 Å². The van der Waals surface area contributed by atoms with Crippen LogP contribution in [-0.4, -0.2) is 30.8 Å². The summed E-state index contributed by atoms with van der Waals surface area (Å²) in [6.45, 7) is 2.90. The van der Waals surface area contributed by atoms with E-state index in [1.54, 1.807) is 42.6 Å². The van der Waals surface area contributed by atoms with E-state index in [0.29, 0.717) is 22.6 Å². The minimum atomic E-state index is -0.218. The number of anilines is 2. The fourth-order valence-electron chi connectivity index (χ4n) is 2.16. The summed E-state index contributed by atoms with van der Waals surface area (Å²) in [5.74, 6) is 0.441. The number of rotatable bonds is 6. The number of carbonyl (C=O) groups excluding carboxylic acids is 2. The molecule has 0 unspecified atom stereocenters. The topological polar surface area (TPSA) is 62.3 Å². The maximum atomic E-state index is 12.5. The molecule has 0 saturated heterocycles. The molecule has 2 aromatic rings. The molecule has 5 nitrogen and oxygen atoms in total. The van der Waals surface area contributed by atoms with Crippen molar-refractivity contribution in [3.05, 3.63) is 53.7 Å². The summed E-state index contributed by atoms with van der Waals surface area (Å²) in [4.78, 5) is 29.4. The van der Waals surface area contributed by atoms with Gasteiger partial charge in [0.15, 0.2) is 0 Å². The van der Waals surface area contributed by atoms with Gasteiger partial charge in [0.2, 0.25) is 0 Å². The van der Waals surface area contributed by atoms with Gasteiger partial charge in [0.25, 0.3) is 5.91 Å². The maximum absolute atomic E-state index is 12.5. The number of amides is 1. The van der Waals surface area contributed by atoms with Gasteiger partial charge in [-0.25, -0.2) is 4.98 Å². The molecule has 0 atom stereocenters. The fourth-order valence-corrected chi connectivity index (χ4v) is 2.16. The van der Waals surface area contributed by atoms with Crippen LogP contribution < -0.4 is 10.2 Å². The molecule has 1 N–H and O–H groups in total. The standard InChI is InChI=1S/C17H19N3O2/c1-3-11-20(2)16-15(5-4-10-18-16)17(22)19-14-8-6-13(12-21)7-9-14/h4-10,12H,3,11H2,1-2H3,(H,19,22). The molecular weight excluding hydrogens is 278 g/mol. The largest absolute Gasteiger partial charge is 0.359 e. The molecule has 0 saturated carbocycles. The number of aldehydes is 1. The maximum Gasteiger partial charge on any atom is 0.259 e. The van der Waals surface area contributed by atoms with Crippen molar-refractivity contribution in [3.63, 3.8) is 0 Å². The lowest BCUT2D eigenvalue weighted by atomic mass is 10.2. The number of pyridine rings is 1. The van der Waals surface area contributed by atoms with Crippen LogP contribution in [0.25, 0.3) is 0 Å². The first-order valence-corrected chi connectivity index (χ1v) is 7.18. The third-order valence-electron chi connectivity index (χ3n) is 3.26. The monoisotopic (exact) mass is 297 g/mol. The Kier molecular flexibility index (Phi) is 5.25. The minimum Gasteiger partial charge on any atom is -0.359 e. The SMILES string of the molecule is CCCN(C)c1ncccc1C(=O)Nc1ccc(C=O)cc1. The molecule has 1 heterocycles. The smallest absolute Gasteiger partial charge is 0.259 e. The molecule has 1 aromatic heterocycles. The summed E-state index contributed by atoms with van der Waals surface area (Å²) < 4.78 is 0. The molecule has 1 amide bonds. The molecule has 0 aliphatic heterocycles. The summed E-state index contributed by atoms with van der Waals surface area (Å²) in [6.07, 6.45) is 3.42.